The van der Waals surface area contributed by atoms with Gasteiger partial charge < -0.3 is 14.6 Å². The second-order valence-corrected chi connectivity index (χ2v) is 8.76. The van der Waals surface area contributed by atoms with Gasteiger partial charge in [0.05, 0.1) is 35.0 Å². The molecule has 1 aliphatic rings. The number of halogens is 9. The fraction of sp³-hybridized carbons (Fsp3) is 0.385. The Labute approximate surface area is 226 Å². The summed E-state index contributed by atoms with van der Waals surface area (Å²) in [5.74, 6) is -3.72. The summed E-state index contributed by atoms with van der Waals surface area (Å²) in [4.78, 5) is 26.8. The molecule has 1 aliphatic heterocycles. The van der Waals surface area contributed by atoms with Crippen molar-refractivity contribution in [3.8, 4) is 0 Å². The van der Waals surface area contributed by atoms with Crippen molar-refractivity contribution in [1.29, 1.82) is 0 Å². The van der Waals surface area contributed by atoms with Crippen LogP contribution in [0.3, 0.4) is 0 Å². The van der Waals surface area contributed by atoms with E-state index in [1.807, 2.05) is 0 Å². The van der Waals surface area contributed by atoms with Gasteiger partial charge in [0, 0.05) is 5.56 Å². The van der Waals surface area contributed by atoms with Crippen LogP contribution < -0.4 is 4.90 Å². The highest BCUT2D eigenvalue weighted by molar-refractivity contribution is 6.02. The maximum atomic E-state index is 13.7. The van der Waals surface area contributed by atoms with E-state index < -0.39 is 82.7 Å². The van der Waals surface area contributed by atoms with Gasteiger partial charge in [0.2, 0.25) is 0 Å². The number of hydrogen-bond acceptors (Lipinski definition) is 5. The second-order valence-electron chi connectivity index (χ2n) is 8.76. The van der Waals surface area contributed by atoms with Crippen LogP contribution in [0, 0.1) is 0 Å². The lowest BCUT2D eigenvalue weighted by Gasteiger charge is -2.37. The number of nitrogens with zero attached hydrogens (tertiary/aromatic N) is 1. The summed E-state index contributed by atoms with van der Waals surface area (Å²) in [5, 5.41) is 9.18. The number of carbonyl (C=O) groups excluding carboxylic acids is 2. The third-order valence-electron chi connectivity index (χ3n) is 6.18. The minimum Gasteiger partial charge on any atom is -0.449 e. The molecule has 0 fully saturated rings. The van der Waals surface area contributed by atoms with Crippen molar-refractivity contribution in [2.24, 2.45) is 0 Å². The average molecular weight is 599 g/mol. The van der Waals surface area contributed by atoms with Gasteiger partial charge in [-0.1, -0.05) is 13.0 Å². The molecule has 15 heteroatoms. The molecule has 6 nitrogen and oxygen atoms in total. The summed E-state index contributed by atoms with van der Waals surface area (Å²) in [6, 6.07) is 1.26. The van der Waals surface area contributed by atoms with Crippen LogP contribution in [0.25, 0.3) is 5.57 Å². The van der Waals surface area contributed by atoms with Crippen LogP contribution in [0.1, 0.15) is 54.0 Å². The molecule has 1 heterocycles. The highest BCUT2D eigenvalue weighted by Gasteiger charge is 2.42. The highest BCUT2D eigenvalue weighted by atomic mass is 19.4. The molecule has 0 bridgehead atoms. The van der Waals surface area contributed by atoms with Crippen LogP contribution in [0.15, 0.2) is 42.5 Å². The van der Waals surface area contributed by atoms with Gasteiger partial charge in [-0.3, -0.25) is 9.69 Å². The molecule has 2 aromatic carbocycles. The number of benzene rings is 2. The summed E-state index contributed by atoms with van der Waals surface area (Å²) in [7, 11) is 0. The van der Waals surface area contributed by atoms with Crippen molar-refractivity contribution in [2.45, 2.75) is 50.8 Å². The van der Waals surface area contributed by atoms with E-state index >= 15 is 0 Å². The van der Waals surface area contributed by atoms with E-state index in [0.717, 1.165) is 17.0 Å². The van der Waals surface area contributed by atoms with E-state index in [9.17, 15) is 54.2 Å². The monoisotopic (exact) mass is 599 g/mol. The topological polar surface area (TPSA) is 76.1 Å². The van der Waals surface area contributed by atoms with Gasteiger partial charge in [-0.15, -0.1) is 0 Å². The number of esters is 1. The molecule has 0 saturated carbocycles. The fourth-order valence-electron chi connectivity index (χ4n) is 4.42. The summed E-state index contributed by atoms with van der Waals surface area (Å²) in [5.41, 5.74) is -6.98. The number of hydrogen-bond donors (Lipinski definition) is 1. The predicted molar refractivity (Wildman–Crippen MR) is 125 cm³/mol. The van der Waals surface area contributed by atoms with Crippen LogP contribution in [0.5, 0.6) is 0 Å². The van der Waals surface area contributed by atoms with Gasteiger partial charge in [0.15, 0.2) is 6.79 Å². The molecule has 0 saturated heterocycles. The standard InChI is InChI=1S/C26H22F9NO5/c1-3-17-11-19(18-10-14(24(27,28)29)5-6-20(18)36(17)23(39)40-4-2)21(22(38)41-12-37)13-7-15(25(30,31)32)9-16(8-13)26(33,34)35/h5-11,17,21,37H,3-4,12H2,1-2H3/t17-,21-/m1/s1. The van der Waals surface area contributed by atoms with E-state index in [2.05, 4.69) is 4.74 Å². The van der Waals surface area contributed by atoms with Crippen molar-refractivity contribution in [3.05, 3.63) is 70.3 Å². The Morgan fingerprint density at radius 1 is 0.854 bits per heavy atom. The van der Waals surface area contributed by atoms with E-state index in [0.29, 0.717) is 12.1 Å². The predicted octanol–water partition coefficient (Wildman–Crippen LogP) is 7.16. The Kier molecular flexibility index (Phi) is 9.01. The van der Waals surface area contributed by atoms with Gasteiger partial charge in [-0.2, -0.15) is 39.5 Å². The zero-order valence-corrected chi connectivity index (χ0v) is 21.2. The molecule has 41 heavy (non-hydrogen) atoms. The Balaban J connectivity index is 2.42. The summed E-state index contributed by atoms with van der Waals surface area (Å²) >= 11 is 0. The van der Waals surface area contributed by atoms with Crippen LogP contribution in [-0.4, -0.2) is 36.6 Å². The lowest BCUT2D eigenvalue weighted by Crippen LogP contribution is -2.42. The summed E-state index contributed by atoms with van der Waals surface area (Å²) < 4.78 is 132. The van der Waals surface area contributed by atoms with Crippen LogP contribution in [-0.2, 0) is 32.8 Å². The first-order valence-electron chi connectivity index (χ1n) is 11.9. The third-order valence-corrected chi connectivity index (χ3v) is 6.18. The Morgan fingerprint density at radius 2 is 1.41 bits per heavy atom. The zero-order valence-electron chi connectivity index (χ0n) is 21.2. The number of alkyl halides is 9. The smallest absolute Gasteiger partial charge is 0.416 e. The molecule has 1 amide bonds. The minimum atomic E-state index is -5.31. The molecule has 2 atom stereocenters. The quantitative estimate of drug-likeness (QED) is 0.217. The largest absolute Gasteiger partial charge is 0.449 e. The summed E-state index contributed by atoms with van der Waals surface area (Å²) in [6.07, 6.45) is -15.5. The molecule has 2 aromatic rings. The van der Waals surface area contributed by atoms with Crippen molar-refractivity contribution >= 4 is 23.3 Å². The van der Waals surface area contributed by atoms with Crippen molar-refractivity contribution in [3.63, 3.8) is 0 Å². The lowest BCUT2D eigenvalue weighted by molar-refractivity contribution is -0.152. The fourth-order valence-corrected chi connectivity index (χ4v) is 4.42. The Morgan fingerprint density at radius 3 is 1.88 bits per heavy atom. The van der Waals surface area contributed by atoms with Gasteiger partial charge in [0.25, 0.3) is 0 Å². The van der Waals surface area contributed by atoms with Gasteiger partial charge in [0.1, 0.15) is 5.92 Å². The maximum absolute atomic E-state index is 13.7. The number of anilines is 1. The lowest BCUT2D eigenvalue weighted by atomic mass is 9.80. The normalized spacial score (nSPS) is 16.5. The number of carbonyl (C=O) groups is 2. The van der Waals surface area contributed by atoms with E-state index in [1.165, 1.54) is 13.8 Å². The summed E-state index contributed by atoms with van der Waals surface area (Å²) in [6.45, 7) is 1.53. The molecule has 224 valence electrons. The number of amides is 1. The van der Waals surface area contributed by atoms with Crippen molar-refractivity contribution in [2.75, 3.05) is 18.3 Å². The number of aliphatic hydroxyl groups excluding tert-OH is 1. The SMILES string of the molecule is CCOC(=O)N1c2ccc(C(F)(F)F)cc2C([C@H](C(=O)OCO)c2cc(C(F)(F)F)cc(C(F)(F)F)c2)=C[C@H]1CC. The number of fused-ring (bicyclic) bond motifs is 1. The molecule has 1 N–H and O–H groups in total. The Bertz CT molecular complexity index is 1300. The first-order chi connectivity index (χ1) is 18.9. The number of aliphatic hydroxyl groups is 1. The molecular weight excluding hydrogens is 577 g/mol. The van der Waals surface area contributed by atoms with Crippen LogP contribution in [0.2, 0.25) is 0 Å². The van der Waals surface area contributed by atoms with E-state index in [-0.39, 0.29) is 36.9 Å². The molecule has 0 spiro atoms. The van der Waals surface area contributed by atoms with Crippen molar-refractivity contribution in [1.82, 2.24) is 0 Å². The molecule has 0 aliphatic carbocycles. The highest BCUT2D eigenvalue weighted by Crippen LogP contribution is 2.47. The second kappa shape index (κ2) is 11.6. The molecule has 0 radical (unpaired) electrons. The van der Waals surface area contributed by atoms with Crippen molar-refractivity contribution < 1.29 is 63.7 Å². The minimum absolute atomic E-state index is 0.0426. The molecule has 3 rings (SSSR count). The van der Waals surface area contributed by atoms with Gasteiger partial charge >= 0.3 is 30.6 Å². The molecule has 0 aromatic heterocycles. The van der Waals surface area contributed by atoms with E-state index in [4.69, 9.17) is 4.74 Å². The average Bonchev–Trinajstić information content (AvgIpc) is 2.86. The van der Waals surface area contributed by atoms with Crippen LogP contribution >= 0.6 is 0 Å². The third kappa shape index (κ3) is 6.77. The van der Waals surface area contributed by atoms with E-state index in [1.54, 1.807) is 0 Å². The Hall–Kier alpha value is -3.75. The first-order valence-corrected chi connectivity index (χ1v) is 11.9. The maximum Gasteiger partial charge on any atom is 0.416 e. The van der Waals surface area contributed by atoms with Gasteiger partial charge in [-0.25, -0.2) is 4.79 Å². The first kappa shape index (κ1) is 31.8. The zero-order chi connectivity index (χ0) is 30.9. The van der Waals surface area contributed by atoms with Crippen LogP contribution in [0.4, 0.5) is 50.0 Å². The number of ether oxygens (including phenoxy) is 2. The molecular formula is C26H22F9NO5. The molecule has 0 unspecified atom stereocenters. The number of rotatable bonds is 6. The van der Waals surface area contributed by atoms with Gasteiger partial charge in [-0.05, 0) is 60.9 Å².